The fourth-order valence-electron chi connectivity index (χ4n) is 0.962. The summed E-state index contributed by atoms with van der Waals surface area (Å²) in [4.78, 5) is 0. The second-order valence-electron chi connectivity index (χ2n) is 2.64. The predicted octanol–water partition coefficient (Wildman–Crippen LogP) is 2.23. The van der Waals surface area contributed by atoms with Crippen molar-refractivity contribution in [3.63, 3.8) is 0 Å². The molecule has 1 aromatic carbocycles. The average Bonchev–Trinajstić information content (AvgIpc) is 2.05. The van der Waals surface area contributed by atoms with Crippen LogP contribution in [0.1, 0.15) is 24.1 Å². The van der Waals surface area contributed by atoms with Crippen molar-refractivity contribution in [1.29, 1.82) is 5.26 Å². The van der Waals surface area contributed by atoms with Crippen LogP contribution in [0.25, 0.3) is 0 Å². The van der Waals surface area contributed by atoms with E-state index in [-0.39, 0.29) is 6.04 Å². The van der Waals surface area contributed by atoms with Crippen molar-refractivity contribution in [1.82, 2.24) is 0 Å². The average molecular weight is 181 g/mol. The quantitative estimate of drug-likeness (QED) is 0.721. The molecule has 1 atom stereocenters. The number of halogens is 1. The van der Waals surface area contributed by atoms with E-state index < -0.39 is 0 Å². The zero-order chi connectivity index (χ0) is 9.14. The summed E-state index contributed by atoms with van der Waals surface area (Å²) >= 11 is 5.86. The summed E-state index contributed by atoms with van der Waals surface area (Å²) < 4.78 is 0. The molecule has 0 fully saturated rings. The first-order valence-corrected chi connectivity index (χ1v) is 3.98. The highest BCUT2D eigenvalue weighted by atomic mass is 35.5. The lowest BCUT2D eigenvalue weighted by molar-refractivity contribution is 0.818. The standard InChI is InChI=1S/C9H9ClN2/c1-6(12)8-4-7(5-11)2-3-9(8)10/h2-4,6H,12H2,1H3/t6-/m0/s1. The Kier molecular flexibility index (Phi) is 2.69. The molecule has 0 radical (unpaired) electrons. The first-order chi connectivity index (χ1) is 5.65. The van der Waals surface area contributed by atoms with Crippen LogP contribution in [-0.4, -0.2) is 0 Å². The van der Waals surface area contributed by atoms with E-state index in [1.165, 1.54) is 0 Å². The molecule has 0 aliphatic rings. The number of rotatable bonds is 1. The van der Waals surface area contributed by atoms with Crippen LogP contribution in [0.3, 0.4) is 0 Å². The van der Waals surface area contributed by atoms with E-state index >= 15 is 0 Å². The maximum Gasteiger partial charge on any atom is 0.0991 e. The maximum absolute atomic E-state index is 8.60. The number of nitrogens with zero attached hydrogens (tertiary/aromatic N) is 1. The Hall–Kier alpha value is -1.04. The van der Waals surface area contributed by atoms with Crippen molar-refractivity contribution in [2.24, 2.45) is 5.73 Å². The lowest BCUT2D eigenvalue weighted by Crippen LogP contribution is -2.05. The van der Waals surface area contributed by atoms with Gasteiger partial charge in [0, 0.05) is 11.1 Å². The molecule has 2 N–H and O–H groups in total. The van der Waals surface area contributed by atoms with E-state index in [2.05, 4.69) is 0 Å². The van der Waals surface area contributed by atoms with Crippen molar-refractivity contribution >= 4 is 11.6 Å². The summed E-state index contributed by atoms with van der Waals surface area (Å²) in [5, 5.41) is 9.22. The van der Waals surface area contributed by atoms with Gasteiger partial charge in [0.25, 0.3) is 0 Å². The van der Waals surface area contributed by atoms with Crippen molar-refractivity contribution in [2.45, 2.75) is 13.0 Å². The topological polar surface area (TPSA) is 49.8 Å². The minimum absolute atomic E-state index is 0.134. The van der Waals surface area contributed by atoms with Crippen LogP contribution in [0.4, 0.5) is 0 Å². The fraction of sp³-hybridized carbons (Fsp3) is 0.222. The Labute approximate surface area is 76.6 Å². The fourth-order valence-corrected chi connectivity index (χ4v) is 1.25. The second-order valence-corrected chi connectivity index (χ2v) is 3.04. The van der Waals surface area contributed by atoms with E-state index in [4.69, 9.17) is 22.6 Å². The predicted molar refractivity (Wildman–Crippen MR) is 48.8 cm³/mol. The van der Waals surface area contributed by atoms with Crippen LogP contribution < -0.4 is 5.73 Å². The van der Waals surface area contributed by atoms with E-state index in [0.29, 0.717) is 10.6 Å². The van der Waals surface area contributed by atoms with Gasteiger partial charge in [0.2, 0.25) is 0 Å². The third-order valence-corrected chi connectivity index (χ3v) is 1.96. The van der Waals surface area contributed by atoms with Gasteiger partial charge in [-0.15, -0.1) is 0 Å². The molecule has 0 spiro atoms. The molecule has 0 aliphatic heterocycles. The molecule has 62 valence electrons. The zero-order valence-corrected chi connectivity index (χ0v) is 7.47. The Morgan fingerprint density at radius 1 is 1.58 bits per heavy atom. The Balaban J connectivity index is 3.19. The van der Waals surface area contributed by atoms with Gasteiger partial charge in [0.15, 0.2) is 0 Å². The summed E-state index contributed by atoms with van der Waals surface area (Å²) in [5.74, 6) is 0. The molecule has 3 heteroatoms. The smallest absolute Gasteiger partial charge is 0.0991 e. The third-order valence-electron chi connectivity index (χ3n) is 1.62. The number of hydrogen-bond acceptors (Lipinski definition) is 2. The van der Waals surface area contributed by atoms with Gasteiger partial charge in [-0.1, -0.05) is 11.6 Å². The largest absolute Gasteiger partial charge is 0.324 e. The molecule has 0 heterocycles. The first-order valence-electron chi connectivity index (χ1n) is 3.60. The Morgan fingerprint density at radius 2 is 2.25 bits per heavy atom. The number of nitriles is 1. The SMILES string of the molecule is C[C@H](N)c1cc(C#N)ccc1Cl. The van der Waals surface area contributed by atoms with E-state index in [1.807, 2.05) is 13.0 Å². The van der Waals surface area contributed by atoms with Crippen LogP contribution >= 0.6 is 11.6 Å². The molecule has 1 aromatic rings. The van der Waals surface area contributed by atoms with Crippen molar-refractivity contribution < 1.29 is 0 Å². The van der Waals surface area contributed by atoms with Gasteiger partial charge in [-0.25, -0.2) is 0 Å². The summed E-state index contributed by atoms with van der Waals surface area (Å²) in [7, 11) is 0. The summed E-state index contributed by atoms with van der Waals surface area (Å²) in [5.41, 5.74) is 7.05. The Bertz CT molecular complexity index is 326. The van der Waals surface area contributed by atoms with E-state index in [0.717, 1.165) is 5.56 Å². The van der Waals surface area contributed by atoms with Crippen molar-refractivity contribution in [3.05, 3.63) is 34.3 Å². The van der Waals surface area contributed by atoms with Crippen LogP contribution in [-0.2, 0) is 0 Å². The van der Waals surface area contributed by atoms with Crippen molar-refractivity contribution in [2.75, 3.05) is 0 Å². The molecule has 0 aromatic heterocycles. The van der Waals surface area contributed by atoms with Crippen LogP contribution in [0.2, 0.25) is 5.02 Å². The first kappa shape index (κ1) is 9.05. The minimum atomic E-state index is -0.134. The van der Waals surface area contributed by atoms with E-state index in [9.17, 15) is 0 Å². The highest BCUT2D eigenvalue weighted by Crippen LogP contribution is 2.22. The maximum atomic E-state index is 8.60. The molecule has 1 rings (SSSR count). The van der Waals surface area contributed by atoms with Crippen LogP contribution in [0.5, 0.6) is 0 Å². The highest BCUT2D eigenvalue weighted by Gasteiger charge is 2.05. The lowest BCUT2D eigenvalue weighted by atomic mass is 10.1. The molecule has 0 aliphatic carbocycles. The van der Waals surface area contributed by atoms with Gasteiger partial charge < -0.3 is 5.73 Å². The molecular formula is C9H9ClN2. The number of nitrogens with two attached hydrogens (primary N) is 1. The van der Waals surface area contributed by atoms with E-state index in [1.54, 1.807) is 18.2 Å². The molecule has 12 heavy (non-hydrogen) atoms. The van der Waals surface area contributed by atoms with Gasteiger partial charge in [-0.3, -0.25) is 0 Å². The zero-order valence-electron chi connectivity index (χ0n) is 6.71. The van der Waals surface area contributed by atoms with Gasteiger partial charge in [0.1, 0.15) is 0 Å². The number of benzene rings is 1. The van der Waals surface area contributed by atoms with Gasteiger partial charge in [0.05, 0.1) is 11.6 Å². The molecule has 0 saturated heterocycles. The summed E-state index contributed by atoms with van der Waals surface area (Å²) in [6.45, 7) is 1.84. The van der Waals surface area contributed by atoms with Crippen LogP contribution in [0.15, 0.2) is 18.2 Å². The number of hydrogen-bond donors (Lipinski definition) is 1. The monoisotopic (exact) mass is 180 g/mol. The summed E-state index contributed by atoms with van der Waals surface area (Å²) in [6.07, 6.45) is 0. The van der Waals surface area contributed by atoms with Gasteiger partial charge in [-0.2, -0.15) is 5.26 Å². The highest BCUT2D eigenvalue weighted by molar-refractivity contribution is 6.31. The third kappa shape index (κ3) is 1.76. The van der Waals surface area contributed by atoms with Gasteiger partial charge >= 0.3 is 0 Å². The molecule has 0 bridgehead atoms. The Morgan fingerprint density at radius 3 is 2.75 bits per heavy atom. The molecule has 0 saturated carbocycles. The molecule has 2 nitrogen and oxygen atoms in total. The lowest BCUT2D eigenvalue weighted by Gasteiger charge is -2.07. The molecular weight excluding hydrogens is 172 g/mol. The molecule has 0 unspecified atom stereocenters. The molecule has 0 amide bonds. The van der Waals surface area contributed by atoms with Crippen LogP contribution in [0, 0.1) is 11.3 Å². The second kappa shape index (κ2) is 3.57. The summed E-state index contributed by atoms with van der Waals surface area (Å²) in [6, 6.07) is 6.99. The van der Waals surface area contributed by atoms with Gasteiger partial charge in [-0.05, 0) is 30.7 Å². The minimum Gasteiger partial charge on any atom is -0.324 e. The van der Waals surface area contributed by atoms with Crippen molar-refractivity contribution in [3.8, 4) is 6.07 Å². The normalized spacial score (nSPS) is 12.2.